The summed E-state index contributed by atoms with van der Waals surface area (Å²) in [6.07, 6.45) is -23.5. The molecule has 0 aliphatic carbocycles. The molecule has 0 aromatic carbocycles. The van der Waals surface area contributed by atoms with Crippen LogP contribution in [-0.4, -0.2) is 169 Å². The summed E-state index contributed by atoms with van der Waals surface area (Å²) in [6, 6.07) is -1.41. The van der Waals surface area contributed by atoms with E-state index in [1.165, 1.54) is 0 Å². The van der Waals surface area contributed by atoms with Crippen LogP contribution in [0.4, 0.5) is 0 Å². The van der Waals surface area contributed by atoms with Crippen LogP contribution in [0, 0.1) is 0 Å². The highest BCUT2D eigenvalue weighted by Crippen LogP contribution is 2.32. The smallest absolute Gasteiger partial charge is 0.217 e. The number of carbonyl (C=O) groups is 1. The Morgan fingerprint density at radius 2 is 1.11 bits per heavy atom. The van der Waals surface area contributed by atoms with Crippen LogP contribution in [0.1, 0.15) is 6.92 Å². The number of carbonyl (C=O) groups excluding carboxylic acids is 1. The molecule has 0 bridgehead atoms. The van der Waals surface area contributed by atoms with Crippen LogP contribution in [0.25, 0.3) is 0 Å². The van der Waals surface area contributed by atoms with Crippen LogP contribution in [0.15, 0.2) is 0 Å². The Morgan fingerprint density at radius 1 is 0.649 bits per heavy atom. The number of amides is 1. The average molecular weight is 545 g/mol. The van der Waals surface area contributed by atoms with Crippen molar-refractivity contribution in [1.29, 1.82) is 0 Å². The maximum Gasteiger partial charge on any atom is 0.217 e. The first kappa shape index (κ1) is 30.4. The van der Waals surface area contributed by atoms with Crippen molar-refractivity contribution in [3.8, 4) is 0 Å². The number of ether oxygens (including phenoxy) is 5. The second-order valence-electron chi connectivity index (χ2n) is 9.07. The van der Waals surface area contributed by atoms with Gasteiger partial charge in [-0.25, -0.2) is 0 Å². The molecule has 0 aromatic rings. The first-order chi connectivity index (χ1) is 17.4. The zero-order chi connectivity index (χ0) is 27.6. The van der Waals surface area contributed by atoms with Crippen molar-refractivity contribution in [3.63, 3.8) is 0 Å². The van der Waals surface area contributed by atoms with Crippen molar-refractivity contribution in [2.75, 3.05) is 19.8 Å². The summed E-state index contributed by atoms with van der Waals surface area (Å²) in [6.45, 7) is -1.23. The molecular formula is C20H35NO16. The third-order valence-corrected chi connectivity index (χ3v) is 6.50. The van der Waals surface area contributed by atoms with Gasteiger partial charge in [0.15, 0.2) is 18.9 Å². The molecule has 15 atom stereocenters. The van der Waals surface area contributed by atoms with Gasteiger partial charge in [0.1, 0.15) is 73.2 Å². The van der Waals surface area contributed by atoms with Crippen molar-refractivity contribution in [2.24, 2.45) is 0 Å². The van der Waals surface area contributed by atoms with Crippen molar-refractivity contribution in [1.82, 2.24) is 5.32 Å². The van der Waals surface area contributed by atoms with Crippen LogP contribution in [-0.2, 0) is 28.5 Å². The lowest BCUT2D eigenvalue weighted by Crippen LogP contribution is -2.68. The SMILES string of the molecule is CC(=O)N[C@@H]1[C@@H](O[C@@H]2O[C@H](CO)[C@H](O)[C@H](O[C@@H]3O[C@H](CO)[C@H](O)[C@H](O)[C@H]3O)[C@H]2O)[C@@H](O)[C@@H](CO)O[C@@H]1O. The van der Waals surface area contributed by atoms with Gasteiger partial charge in [-0.05, 0) is 0 Å². The molecule has 3 aliphatic rings. The molecule has 0 radical (unpaired) electrons. The molecule has 3 heterocycles. The van der Waals surface area contributed by atoms with Crippen molar-refractivity contribution < 1.29 is 79.5 Å². The highest BCUT2D eigenvalue weighted by Gasteiger charge is 2.53. The van der Waals surface area contributed by atoms with Gasteiger partial charge in [-0.15, -0.1) is 0 Å². The second kappa shape index (κ2) is 12.8. The van der Waals surface area contributed by atoms with Crippen LogP contribution in [0.5, 0.6) is 0 Å². The number of hydrogen-bond acceptors (Lipinski definition) is 16. The Kier molecular flexibility index (Phi) is 10.5. The molecule has 0 unspecified atom stereocenters. The molecule has 216 valence electrons. The second-order valence-corrected chi connectivity index (χ2v) is 9.07. The van der Waals surface area contributed by atoms with E-state index in [0.717, 1.165) is 6.92 Å². The third-order valence-electron chi connectivity index (χ3n) is 6.50. The first-order valence-corrected chi connectivity index (χ1v) is 11.6. The van der Waals surface area contributed by atoms with Crippen LogP contribution >= 0.6 is 0 Å². The standard InChI is InChI=1S/C20H35NO16/c1-5(25)21-9-16(11(27)7(3-23)33-18(9)32)36-20-15(31)17(12(28)8(4-24)35-20)37-19-14(30)13(29)10(26)6(2-22)34-19/h6-20,22-24,26-32H,2-4H2,1H3,(H,21,25)/t6-,7-,8-,9-,10+,11+,12+,13+,14-,15-,16-,17+,18+,19+,20+/m1/s1. The summed E-state index contributed by atoms with van der Waals surface area (Å²) in [5.41, 5.74) is 0. The number of aliphatic hydroxyl groups is 10. The zero-order valence-corrected chi connectivity index (χ0v) is 19.7. The normalized spacial score (nSPS) is 49.0. The Labute approximate surface area is 210 Å². The van der Waals surface area contributed by atoms with E-state index in [9.17, 15) is 55.9 Å². The van der Waals surface area contributed by atoms with Crippen molar-refractivity contribution in [3.05, 3.63) is 0 Å². The van der Waals surface area contributed by atoms with E-state index in [0.29, 0.717) is 0 Å². The predicted molar refractivity (Wildman–Crippen MR) is 113 cm³/mol. The molecule has 0 spiro atoms. The van der Waals surface area contributed by atoms with Gasteiger partial charge in [0, 0.05) is 6.92 Å². The van der Waals surface area contributed by atoms with Gasteiger partial charge in [0.2, 0.25) is 5.91 Å². The van der Waals surface area contributed by atoms with Gasteiger partial charge < -0.3 is 80.1 Å². The minimum atomic E-state index is -1.93. The fourth-order valence-corrected chi connectivity index (χ4v) is 4.45. The molecule has 3 fully saturated rings. The highest BCUT2D eigenvalue weighted by molar-refractivity contribution is 5.73. The number of hydrogen-bond donors (Lipinski definition) is 11. The molecule has 0 aromatic heterocycles. The molecule has 17 heteroatoms. The molecule has 3 aliphatic heterocycles. The fourth-order valence-electron chi connectivity index (χ4n) is 4.45. The van der Waals surface area contributed by atoms with Gasteiger partial charge in [-0.2, -0.15) is 0 Å². The number of aliphatic hydroxyl groups excluding tert-OH is 10. The Bertz CT molecular complexity index is 745. The van der Waals surface area contributed by atoms with E-state index in [-0.39, 0.29) is 0 Å². The first-order valence-electron chi connectivity index (χ1n) is 11.6. The summed E-state index contributed by atoms with van der Waals surface area (Å²) >= 11 is 0. The number of nitrogens with one attached hydrogen (secondary N) is 1. The number of rotatable bonds is 8. The minimum Gasteiger partial charge on any atom is -0.394 e. The lowest BCUT2D eigenvalue weighted by molar-refractivity contribution is -0.373. The molecule has 11 N–H and O–H groups in total. The monoisotopic (exact) mass is 545 g/mol. The Balaban J connectivity index is 1.83. The van der Waals surface area contributed by atoms with Gasteiger partial charge in [0.25, 0.3) is 0 Å². The maximum atomic E-state index is 11.6. The maximum absolute atomic E-state index is 11.6. The largest absolute Gasteiger partial charge is 0.394 e. The van der Waals surface area contributed by atoms with Crippen LogP contribution in [0.2, 0.25) is 0 Å². The van der Waals surface area contributed by atoms with Crippen molar-refractivity contribution >= 4 is 5.91 Å². The Hall–Kier alpha value is -1.13. The zero-order valence-electron chi connectivity index (χ0n) is 19.7. The van der Waals surface area contributed by atoms with E-state index in [1.54, 1.807) is 0 Å². The molecular weight excluding hydrogens is 510 g/mol. The van der Waals surface area contributed by atoms with E-state index >= 15 is 0 Å². The topological polar surface area (TPSA) is 278 Å². The molecule has 3 saturated heterocycles. The van der Waals surface area contributed by atoms with Crippen molar-refractivity contribution in [2.45, 2.75) is 99.0 Å². The van der Waals surface area contributed by atoms with E-state index in [1.807, 2.05) is 0 Å². The van der Waals surface area contributed by atoms with Gasteiger partial charge in [-0.1, -0.05) is 0 Å². The predicted octanol–water partition coefficient (Wildman–Crippen LogP) is -7.43. The quantitative estimate of drug-likeness (QED) is 0.135. The van der Waals surface area contributed by atoms with Crippen LogP contribution in [0.3, 0.4) is 0 Å². The van der Waals surface area contributed by atoms with Gasteiger partial charge >= 0.3 is 0 Å². The summed E-state index contributed by atoms with van der Waals surface area (Å²) in [5, 5.41) is 103. The molecule has 3 rings (SSSR count). The van der Waals surface area contributed by atoms with Gasteiger partial charge in [0.05, 0.1) is 19.8 Å². The van der Waals surface area contributed by atoms with E-state index < -0.39 is 118 Å². The van der Waals surface area contributed by atoms with E-state index in [2.05, 4.69) is 5.32 Å². The lowest BCUT2D eigenvalue weighted by atomic mass is 9.95. The molecule has 37 heavy (non-hydrogen) atoms. The minimum absolute atomic E-state index is 0.645. The molecule has 0 saturated carbocycles. The average Bonchev–Trinajstić information content (AvgIpc) is 2.86. The molecule has 17 nitrogen and oxygen atoms in total. The Morgan fingerprint density at radius 3 is 1.65 bits per heavy atom. The van der Waals surface area contributed by atoms with E-state index in [4.69, 9.17) is 23.7 Å². The molecule has 1 amide bonds. The summed E-state index contributed by atoms with van der Waals surface area (Å²) < 4.78 is 26.9. The summed E-state index contributed by atoms with van der Waals surface area (Å²) in [4.78, 5) is 11.6. The third kappa shape index (κ3) is 6.38. The summed E-state index contributed by atoms with van der Waals surface area (Å²) in [5.74, 6) is -0.645. The lowest BCUT2D eigenvalue weighted by Gasteiger charge is -2.48. The van der Waals surface area contributed by atoms with Crippen LogP contribution < -0.4 is 5.32 Å². The van der Waals surface area contributed by atoms with Gasteiger partial charge in [-0.3, -0.25) is 4.79 Å². The summed E-state index contributed by atoms with van der Waals surface area (Å²) in [7, 11) is 0. The fraction of sp³-hybridized carbons (Fsp3) is 0.950. The highest BCUT2D eigenvalue weighted by atomic mass is 16.7.